The Morgan fingerprint density at radius 2 is 2.12 bits per heavy atom. The molecular weight excluding hydrogens is 320 g/mol. The van der Waals surface area contributed by atoms with Gasteiger partial charge in [0.1, 0.15) is 0 Å². The van der Waals surface area contributed by atoms with Gasteiger partial charge in [-0.2, -0.15) is 11.8 Å². The van der Waals surface area contributed by atoms with Gasteiger partial charge in [0, 0.05) is 49.1 Å². The van der Waals surface area contributed by atoms with Gasteiger partial charge in [-0.1, -0.05) is 0 Å². The molecule has 0 spiro atoms. The fourth-order valence-electron chi connectivity index (χ4n) is 3.49. The highest BCUT2D eigenvalue weighted by Crippen LogP contribution is 2.29. The van der Waals surface area contributed by atoms with E-state index < -0.39 is 0 Å². The van der Waals surface area contributed by atoms with Crippen molar-refractivity contribution in [3.63, 3.8) is 0 Å². The summed E-state index contributed by atoms with van der Waals surface area (Å²) in [6.07, 6.45) is 4.04. The van der Waals surface area contributed by atoms with E-state index in [0.29, 0.717) is 19.0 Å². The average molecular weight is 355 g/mol. The van der Waals surface area contributed by atoms with E-state index >= 15 is 0 Å². The first-order valence-corrected chi connectivity index (χ1v) is 10.4. The van der Waals surface area contributed by atoms with Crippen LogP contribution in [0.25, 0.3) is 0 Å². The molecular formula is C18H34N4OS. The molecule has 0 saturated carbocycles. The van der Waals surface area contributed by atoms with E-state index in [0.717, 1.165) is 50.7 Å². The third-order valence-corrected chi connectivity index (χ3v) is 6.07. The van der Waals surface area contributed by atoms with E-state index in [1.54, 1.807) is 0 Å². The molecule has 0 radical (unpaired) electrons. The summed E-state index contributed by atoms with van der Waals surface area (Å²) in [6, 6.07) is 0.392. The van der Waals surface area contributed by atoms with Gasteiger partial charge in [0.15, 0.2) is 5.96 Å². The summed E-state index contributed by atoms with van der Waals surface area (Å²) in [5.41, 5.74) is 0. The van der Waals surface area contributed by atoms with Gasteiger partial charge < -0.3 is 15.1 Å². The molecule has 1 amide bonds. The fraction of sp³-hybridized carbons (Fsp3) is 0.889. The monoisotopic (exact) mass is 354 g/mol. The van der Waals surface area contributed by atoms with Gasteiger partial charge in [0.25, 0.3) is 0 Å². The molecule has 138 valence electrons. The summed E-state index contributed by atoms with van der Waals surface area (Å²) in [4.78, 5) is 21.6. The lowest BCUT2D eigenvalue weighted by atomic mass is 10.0. The van der Waals surface area contributed by atoms with Crippen LogP contribution in [0, 0.1) is 0 Å². The van der Waals surface area contributed by atoms with Crippen LogP contribution in [0.15, 0.2) is 4.99 Å². The molecule has 5 nitrogen and oxygen atoms in total. The summed E-state index contributed by atoms with van der Waals surface area (Å²) in [7, 11) is 0. The number of rotatable bonds is 4. The highest BCUT2D eigenvalue weighted by atomic mass is 32.2. The standard InChI is InChI=1S/C18H34N4OS/c1-5-19-17(21-12-13-24-18(3,4)14-21)20-10-9-16(23)22-11-7-6-8-15(22)2/h15H,5-14H2,1-4H3,(H,19,20). The molecule has 2 rings (SSSR count). The second-order valence-electron chi connectivity index (χ2n) is 7.45. The van der Waals surface area contributed by atoms with Crippen LogP contribution in [-0.2, 0) is 4.79 Å². The number of carbonyl (C=O) groups excluding carboxylic acids is 1. The molecule has 0 aromatic rings. The minimum absolute atomic E-state index is 0.257. The van der Waals surface area contributed by atoms with Gasteiger partial charge in [-0.3, -0.25) is 9.79 Å². The number of hydrogen-bond donors (Lipinski definition) is 1. The van der Waals surface area contributed by atoms with Crippen LogP contribution in [-0.4, -0.2) is 70.9 Å². The molecule has 1 N–H and O–H groups in total. The maximum Gasteiger partial charge on any atom is 0.224 e. The number of aliphatic imine (C=N–C) groups is 1. The molecule has 2 fully saturated rings. The second-order valence-corrected chi connectivity index (χ2v) is 9.25. The van der Waals surface area contributed by atoms with Crippen LogP contribution in [0.5, 0.6) is 0 Å². The molecule has 2 aliphatic rings. The normalized spacial score (nSPS) is 24.8. The van der Waals surface area contributed by atoms with Crippen molar-refractivity contribution < 1.29 is 4.79 Å². The lowest BCUT2D eigenvalue weighted by molar-refractivity contribution is -0.134. The molecule has 0 bridgehead atoms. The lowest BCUT2D eigenvalue weighted by Gasteiger charge is -2.39. The Balaban J connectivity index is 1.89. The van der Waals surface area contributed by atoms with Crippen molar-refractivity contribution in [1.29, 1.82) is 0 Å². The van der Waals surface area contributed by atoms with Crippen LogP contribution in [0.1, 0.15) is 53.4 Å². The van der Waals surface area contributed by atoms with Crippen LogP contribution < -0.4 is 5.32 Å². The van der Waals surface area contributed by atoms with E-state index in [-0.39, 0.29) is 10.7 Å². The SMILES string of the molecule is CCNC(=NCCC(=O)N1CCCCC1C)N1CCSC(C)(C)C1. The third-order valence-electron chi connectivity index (χ3n) is 4.77. The van der Waals surface area contributed by atoms with Crippen LogP contribution in [0.3, 0.4) is 0 Å². The lowest BCUT2D eigenvalue weighted by Crippen LogP contribution is -2.51. The molecule has 24 heavy (non-hydrogen) atoms. The number of amides is 1. The molecule has 2 aliphatic heterocycles. The zero-order valence-corrected chi connectivity index (χ0v) is 16.6. The van der Waals surface area contributed by atoms with Crippen molar-refractivity contribution in [2.75, 3.05) is 38.5 Å². The van der Waals surface area contributed by atoms with Crippen molar-refractivity contribution in [2.24, 2.45) is 4.99 Å². The van der Waals surface area contributed by atoms with E-state index in [2.05, 4.69) is 37.9 Å². The highest BCUT2D eigenvalue weighted by Gasteiger charge is 2.29. The summed E-state index contributed by atoms with van der Waals surface area (Å²) in [5.74, 6) is 2.35. The van der Waals surface area contributed by atoms with Gasteiger partial charge in [0.05, 0.1) is 6.54 Å². The molecule has 6 heteroatoms. The molecule has 0 aromatic carbocycles. The van der Waals surface area contributed by atoms with Gasteiger partial charge in [-0.05, 0) is 47.0 Å². The first kappa shape index (κ1) is 19.4. The number of likely N-dealkylation sites (tertiary alicyclic amines) is 1. The Hall–Kier alpha value is -0.910. The average Bonchev–Trinajstić information content (AvgIpc) is 2.53. The number of thioether (sulfide) groups is 1. The zero-order valence-electron chi connectivity index (χ0n) is 15.8. The molecule has 2 saturated heterocycles. The highest BCUT2D eigenvalue weighted by molar-refractivity contribution is 8.00. The van der Waals surface area contributed by atoms with Crippen molar-refractivity contribution in [2.45, 2.75) is 64.2 Å². The molecule has 0 aromatic heterocycles. The van der Waals surface area contributed by atoms with E-state index in [4.69, 9.17) is 4.99 Å². The number of nitrogens with zero attached hydrogens (tertiary/aromatic N) is 3. The molecule has 2 heterocycles. The van der Waals surface area contributed by atoms with Crippen LogP contribution in [0.2, 0.25) is 0 Å². The number of piperidine rings is 1. The summed E-state index contributed by atoms with van der Waals surface area (Å²) in [6.45, 7) is 13.2. The second kappa shape index (κ2) is 8.97. The van der Waals surface area contributed by atoms with Crippen molar-refractivity contribution in [3.05, 3.63) is 0 Å². The minimum atomic E-state index is 0.257. The first-order valence-electron chi connectivity index (χ1n) is 9.39. The van der Waals surface area contributed by atoms with Crippen molar-refractivity contribution in [3.8, 4) is 0 Å². The largest absolute Gasteiger partial charge is 0.357 e. The predicted molar refractivity (Wildman–Crippen MR) is 104 cm³/mol. The van der Waals surface area contributed by atoms with Crippen LogP contribution >= 0.6 is 11.8 Å². The molecule has 1 unspecified atom stereocenters. The van der Waals surface area contributed by atoms with Gasteiger partial charge in [-0.25, -0.2) is 0 Å². The van der Waals surface area contributed by atoms with Crippen molar-refractivity contribution >= 4 is 23.6 Å². The Kier molecular flexibility index (Phi) is 7.26. The quantitative estimate of drug-likeness (QED) is 0.623. The number of carbonyl (C=O) groups is 1. The number of hydrogen-bond acceptors (Lipinski definition) is 3. The Morgan fingerprint density at radius 1 is 1.33 bits per heavy atom. The van der Waals surface area contributed by atoms with Gasteiger partial charge >= 0.3 is 0 Å². The van der Waals surface area contributed by atoms with Crippen molar-refractivity contribution in [1.82, 2.24) is 15.1 Å². The Bertz CT molecular complexity index is 452. The molecule has 1 atom stereocenters. The smallest absolute Gasteiger partial charge is 0.224 e. The van der Waals surface area contributed by atoms with E-state index in [1.165, 1.54) is 6.42 Å². The Morgan fingerprint density at radius 3 is 2.79 bits per heavy atom. The third kappa shape index (κ3) is 5.57. The summed E-state index contributed by atoms with van der Waals surface area (Å²) in [5, 5.41) is 3.39. The predicted octanol–water partition coefficient (Wildman–Crippen LogP) is 2.57. The maximum absolute atomic E-state index is 12.4. The zero-order chi connectivity index (χ0) is 17.6. The molecule has 0 aliphatic carbocycles. The Labute approximate surface area is 151 Å². The summed E-state index contributed by atoms with van der Waals surface area (Å²) < 4.78 is 0.257. The van der Waals surface area contributed by atoms with E-state index in [9.17, 15) is 4.79 Å². The van der Waals surface area contributed by atoms with Gasteiger partial charge in [0.2, 0.25) is 5.91 Å². The topological polar surface area (TPSA) is 47.9 Å². The summed E-state index contributed by atoms with van der Waals surface area (Å²) >= 11 is 2.02. The first-order chi connectivity index (χ1) is 11.4. The minimum Gasteiger partial charge on any atom is -0.357 e. The number of guanidine groups is 1. The van der Waals surface area contributed by atoms with Gasteiger partial charge in [-0.15, -0.1) is 0 Å². The fourth-order valence-corrected chi connectivity index (χ4v) is 4.60. The van der Waals surface area contributed by atoms with E-state index in [1.807, 2.05) is 16.7 Å². The van der Waals surface area contributed by atoms with Crippen LogP contribution in [0.4, 0.5) is 0 Å². The number of nitrogens with one attached hydrogen (secondary N) is 1. The maximum atomic E-state index is 12.4.